The molecular formula is C8H15F2NO. The molecule has 0 radical (unpaired) electrons. The fourth-order valence-corrected chi connectivity index (χ4v) is 1.52. The maximum atomic E-state index is 12.3. The van der Waals surface area contributed by atoms with Gasteiger partial charge in [-0.3, -0.25) is 0 Å². The monoisotopic (exact) mass is 179 g/mol. The van der Waals surface area contributed by atoms with Crippen molar-refractivity contribution in [2.75, 3.05) is 13.2 Å². The smallest absolute Gasteiger partial charge is 0.245 e. The molecule has 2 atom stereocenters. The van der Waals surface area contributed by atoms with Crippen LogP contribution in [0.3, 0.4) is 0 Å². The molecule has 1 aliphatic heterocycles. The average molecular weight is 179 g/mol. The lowest BCUT2D eigenvalue weighted by atomic mass is 9.96. The number of nitrogens with two attached hydrogens (primary N) is 1. The second kappa shape index (κ2) is 4.72. The van der Waals surface area contributed by atoms with Crippen molar-refractivity contribution in [2.24, 2.45) is 11.7 Å². The third-order valence-corrected chi connectivity index (χ3v) is 2.29. The molecule has 2 nitrogen and oxygen atoms in total. The first kappa shape index (κ1) is 9.86. The minimum Gasteiger partial charge on any atom is -0.378 e. The maximum Gasteiger partial charge on any atom is 0.245 e. The maximum absolute atomic E-state index is 12.3. The summed E-state index contributed by atoms with van der Waals surface area (Å²) < 4.78 is 29.9. The molecule has 1 heterocycles. The highest BCUT2D eigenvalue weighted by Gasteiger charge is 2.30. The molecule has 2 N–H and O–H groups in total. The number of rotatable bonds is 3. The fourth-order valence-electron chi connectivity index (χ4n) is 1.52. The Morgan fingerprint density at radius 3 is 2.58 bits per heavy atom. The highest BCUT2D eigenvalue weighted by molar-refractivity contribution is 4.75. The summed E-state index contributed by atoms with van der Waals surface area (Å²) in [5.74, 6) is -0.773. The molecule has 4 heteroatoms. The van der Waals surface area contributed by atoms with Crippen LogP contribution in [0.15, 0.2) is 0 Å². The molecule has 0 aliphatic carbocycles. The zero-order chi connectivity index (χ0) is 8.97. The van der Waals surface area contributed by atoms with Crippen LogP contribution in [-0.2, 0) is 4.74 Å². The Morgan fingerprint density at radius 1 is 1.42 bits per heavy atom. The molecule has 1 fully saturated rings. The molecule has 1 rings (SSSR count). The summed E-state index contributed by atoms with van der Waals surface area (Å²) in [6.07, 6.45) is 0.0266. The molecule has 72 valence electrons. The number of hydrogen-bond acceptors (Lipinski definition) is 2. The van der Waals surface area contributed by atoms with Crippen molar-refractivity contribution in [3.05, 3.63) is 0 Å². The average Bonchev–Trinajstić information content (AvgIpc) is 2.07. The van der Waals surface area contributed by atoms with Crippen LogP contribution in [0.4, 0.5) is 8.78 Å². The number of ether oxygens (including phenoxy) is 1. The second-order valence-electron chi connectivity index (χ2n) is 3.14. The largest absolute Gasteiger partial charge is 0.378 e. The molecule has 0 aromatic rings. The molecule has 12 heavy (non-hydrogen) atoms. The summed E-state index contributed by atoms with van der Waals surface area (Å²) in [7, 11) is 0. The molecular weight excluding hydrogens is 164 g/mol. The minimum atomic E-state index is -2.35. The van der Waals surface area contributed by atoms with Crippen LogP contribution < -0.4 is 5.73 Å². The van der Waals surface area contributed by atoms with Gasteiger partial charge in [0.05, 0.1) is 12.0 Å². The van der Waals surface area contributed by atoms with Gasteiger partial charge in [-0.25, -0.2) is 8.78 Å². The van der Waals surface area contributed by atoms with Crippen LogP contribution in [0.1, 0.15) is 19.3 Å². The predicted molar refractivity (Wildman–Crippen MR) is 42.1 cm³/mol. The van der Waals surface area contributed by atoms with Gasteiger partial charge in [0.1, 0.15) is 0 Å². The van der Waals surface area contributed by atoms with E-state index in [4.69, 9.17) is 10.5 Å². The van der Waals surface area contributed by atoms with Crippen molar-refractivity contribution in [3.63, 3.8) is 0 Å². The van der Waals surface area contributed by atoms with E-state index in [0.717, 1.165) is 19.3 Å². The topological polar surface area (TPSA) is 35.2 Å². The zero-order valence-electron chi connectivity index (χ0n) is 7.01. The fraction of sp³-hybridized carbons (Fsp3) is 1.00. The molecule has 0 saturated carbocycles. The Balaban J connectivity index is 2.40. The third kappa shape index (κ3) is 2.38. The summed E-state index contributed by atoms with van der Waals surface area (Å²) in [6, 6.07) is 0. The van der Waals surface area contributed by atoms with Crippen molar-refractivity contribution >= 4 is 0 Å². The first-order valence-corrected chi connectivity index (χ1v) is 4.35. The lowest BCUT2D eigenvalue weighted by molar-refractivity contribution is -0.0676. The minimum absolute atomic E-state index is 0.0162. The summed E-state index contributed by atoms with van der Waals surface area (Å²) in [5, 5.41) is 0. The van der Waals surface area contributed by atoms with Crippen LogP contribution in [-0.4, -0.2) is 25.7 Å². The van der Waals surface area contributed by atoms with Gasteiger partial charge < -0.3 is 10.5 Å². The Hall–Kier alpha value is -0.220. The van der Waals surface area contributed by atoms with E-state index in [1.807, 2.05) is 0 Å². The van der Waals surface area contributed by atoms with Crippen LogP contribution in [0.2, 0.25) is 0 Å². The van der Waals surface area contributed by atoms with Crippen molar-refractivity contribution in [2.45, 2.75) is 31.8 Å². The van der Waals surface area contributed by atoms with Gasteiger partial charge in [-0.15, -0.1) is 0 Å². The third-order valence-electron chi connectivity index (χ3n) is 2.29. The SMILES string of the molecule is NCC(C(F)F)C1CCCCO1. The van der Waals surface area contributed by atoms with Crippen molar-refractivity contribution in [3.8, 4) is 0 Å². The van der Waals surface area contributed by atoms with Gasteiger partial charge in [0.15, 0.2) is 0 Å². The van der Waals surface area contributed by atoms with Crippen molar-refractivity contribution in [1.29, 1.82) is 0 Å². The summed E-state index contributed by atoms with van der Waals surface area (Å²) in [4.78, 5) is 0. The molecule has 2 unspecified atom stereocenters. The number of hydrogen-bond donors (Lipinski definition) is 1. The lowest BCUT2D eigenvalue weighted by Gasteiger charge is -2.28. The Labute approximate surface area is 71.1 Å². The van der Waals surface area contributed by atoms with E-state index < -0.39 is 12.3 Å². The molecule has 1 aliphatic rings. The quantitative estimate of drug-likeness (QED) is 0.710. The Morgan fingerprint density at radius 2 is 2.17 bits per heavy atom. The highest BCUT2D eigenvalue weighted by Crippen LogP contribution is 2.23. The van der Waals surface area contributed by atoms with Crippen LogP contribution in [0, 0.1) is 5.92 Å². The summed E-state index contributed by atoms with van der Waals surface area (Å²) in [6.45, 7) is 0.621. The number of halogens is 2. The van der Waals surface area contributed by atoms with E-state index in [0.29, 0.717) is 6.61 Å². The van der Waals surface area contributed by atoms with Gasteiger partial charge in [0.2, 0.25) is 6.43 Å². The van der Waals surface area contributed by atoms with Gasteiger partial charge in [0, 0.05) is 13.2 Å². The first-order valence-electron chi connectivity index (χ1n) is 4.35. The molecule has 0 amide bonds. The van der Waals surface area contributed by atoms with Gasteiger partial charge in [-0.2, -0.15) is 0 Å². The van der Waals surface area contributed by atoms with Gasteiger partial charge >= 0.3 is 0 Å². The standard InChI is InChI=1S/C8H15F2NO/c9-8(10)6(5-11)7-3-1-2-4-12-7/h6-8H,1-5,11H2. The van der Waals surface area contributed by atoms with E-state index in [2.05, 4.69) is 0 Å². The van der Waals surface area contributed by atoms with E-state index in [1.165, 1.54) is 0 Å². The van der Waals surface area contributed by atoms with E-state index in [1.54, 1.807) is 0 Å². The molecule has 0 aromatic carbocycles. The molecule has 0 spiro atoms. The van der Waals surface area contributed by atoms with Gasteiger partial charge in [0.25, 0.3) is 0 Å². The van der Waals surface area contributed by atoms with Crippen molar-refractivity contribution in [1.82, 2.24) is 0 Å². The van der Waals surface area contributed by atoms with Crippen molar-refractivity contribution < 1.29 is 13.5 Å². The van der Waals surface area contributed by atoms with Crippen LogP contribution in [0.5, 0.6) is 0 Å². The highest BCUT2D eigenvalue weighted by atomic mass is 19.3. The Bertz CT molecular complexity index is 126. The van der Waals surface area contributed by atoms with E-state index >= 15 is 0 Å². The normalized spacial score (nSPS) is 27.5. The van der Waals surface area contributed by atoms with Crippen LogP contribution >= 0.6 is 0 Å². The second-order valence-corrected chi connectivity index (χ2v) is 3.14. The van der Waals surface area contributed by atoms with E-state index in [9.17, 15) is 8.78 Å². The molecule has 1 saturated heterocycles. The summed E-state index contributed by atoms with van der Waals surface area (Å²) >= 11 is 0. The molecule has 0 bridgehead atoms. The van der Waals surface area contributed by atoms with Gasteiger partial charge in [-0.05, 0) is 19.3 Å². The zero-order valence-corrected chi connectivity index (χ0v) is 7.01. The predicted octanol–water partition coefficient (Wildman–Crippen LogP) is 1.40. The van der Waals surface area contributed by atoms with Gasteiger partial charge in [-0.1, -0.05) is 0 Å². The molecule has 0 aromatic heterocycles. The summed E-state index contributed by atoms with van der Waals surface area (Å²) in [5.41, 5.74) is 5.24. The first-order chi connectivity index (χ1) is 5.75. The van der Waals surface area contributed by atoms with Crippen LogP contribution in [0.25, 0.3) is 0 Å². The van der Waals surface area contributed by atoms with E-state index in [-0.39, 0.29) is 12.6 Å². The number of alkyl halides is 2. The lowest BCUT2D eigenvalue weighted by Crippen LogP contribution is -2.37. The Kier molecular flexibility index (Phi) is 3.88.